The standard InChI is InChI=1S/C26H24N4O2S/c1-3-18-11-13-19(14-12-18)23-22(25-28-24(29-32-25)20-8-5-4-6-9-20)17(2)30(26(33)27-23)16-21-10-7-15-31-21/h4-15,23H,3,16H2,1-2H3,(H,27,33). The molecule has 166 valence electrons. The monoisotopic (exact) mass is 456 g/mol. The van der Waals surface area contributed by atoms with Crippen molar-refractivity contribution in [1.82, 2.24) is 20.4 Å². The summed E-state index contributed by atoms with van der Waals surface area (Å²) in [5.41, 5.74) is 5.11. The predicted octanol–water partition coefficient (Wildman–Crippen LogP) is 5.75. The maximum atomic E-state index is 5.79. The van der Waals surface area contributed by atoms with E-state index < -0.39 is 0 Å². The Morgan fingerprint density at radius 2 is 1.82 bits per heavy atom. The Morgan fingerprint density at radius 3 is 2.52 bits per heavy atom. The highest BCUT2D eigenvalue weighted by Crippen LogP contribution is 2.38. The number of nitrogens with one attached hydrogen (secondary N) is 1. The summed E-state index contributed by atoms with van der Waals surface area (Å²) in [6, 6.07) is 22.0. The molecular weight excluding hydrogens is 432 g/mol. The minimum absolute atomic E-state index is 0.208. The van der Waals surface area contributed by atoms with Gasteiger partial charge < -0.3 is 19.2 Å². The van der Waals surface area contributed by atoms with E-state index in [9.17, 15) is 0 Å². The number of rotatable bonds is 6. The van der Waals surface area contributed by atoms with Crippen LogP contribution in [0.15, 0.2) is 87.6 Å². The molecule has 4 aromatic rings. The lowest BCUT2D eigenvalue weighted by Gasteiger charge is -2.37. The normalized spacial score (nSPS) is 16.2. The van der Waals surface area contributed by atoms with Crippen LogP contribution in [0.3, 0.4) is 0 Å². The van der Waals surface area contributed by atoms with Gasteiger partial charge in [-0.05, 0) is 48.8 Å². The number of hydrogen-bond donors (Lipinski definition) is 1. The molecule has 2 aromatic heterocycles. The Hall–Kier alpha value is -3.71. The first-order valence-corrected chi connectivity index (χ1v) is 11.3. The number of thiocarbonyl (C=S) groups is 1. The summed E-state index contributed by atoms with van der Waals surface area (Å²) in [4.78, 5) is 6.76. The van der Waals surface area contributed by atoms with Crippen molar-refractivity contribution >= 4 is 22.9 Å². The first kappa shape index (κ1) is 21.2. The van der Waals surface area contributed by atoms with Gasteiger partial charge >= 0.3 is 0 Å². The van der Waals surface area contributed by atoms with Crippen molar-refractivity contribution < 1.29 is 8.94 Å². The molecular formula is C26H24N4O2S. The molecule has 3 heterocycles. The molecule has 33 heavy (non-hydrogen) atoms. The fourth-order valence-electron chi connectivity index (χ4n) is 4.04. The zero-order valence-electron chi connectivity index (χ0n) is 18.5. The number of nitrogens with zero attached hydrogens (tertiary/aromatic N) is 3. The van der Waals surface area contributed by atoms with Crippen molar-refractivity contribution in [3.8, 4) is 11.4 Å². The lowest BCUT2D eigenvalue weighted by Crippen LogP contribution is -2.45. The molecule has 0 spiro atoms. The average molecular weight is 457 g/mol. The molecule has 2 aromatic carbocycles. The molecule has 1 unspecified atom stereocenters. The van der Waals surface area contributed by atoms with Gasteiger partial charge in [-0.1, -0.05) is 66.7 Å². The second kappa shape index (κ2) is 9.03. The molecule has 5 rings (SSSR count). The Labute approximate surface area is 197 Å². The van der Waals surface area contributed by atoms with E-state index in [1.165, 1.54) is 5.56 Å². The third kappa shape index (κ3) is 4.19. The van der Waals surface area contributed by atoms with Crippen LogP contribution in [0.25, 0.3) is 17.0 Å². The maximum Gasteiger partial charge on any atom is 0.258 e. The molecule has 1 N–H and O–H groups in total. The van der Waals surface area contributed by atoms with E-state index in [0.717, 1.165) is 34.6 Å². The van der Waals surface area contributed by atoms with E-state index in [0.29, 0.717) is 23.4 Å². The highest BCUT2D eigenvalue weighted by Gasteiger charge is 2.34. The molecule has 1 aliphatic rings. The first-order valence-electron chi connectivity index (χ1n) is 10.9. The largest absolute Gasteiger partial charge is 0.467 e. The molecule has 1 aliphatic heterocycles. The highest BCUT2D eigenvalue weighted by atomic mass is 32.1. The van der Waals surface area contributed by atoms with Gasteiger partial charge in [0.05, 0.1) is 24.4 Å². The van der Waals surface area contributed by atoms with Gasteiger partial charge in [-0.2, -0.15) is 4.98 Å². The quantitative estimate of drug-likeness (QED) is 0.370. The lowest BCUT2D eigenvalue weighted by molar-refractivity contribution is 0.382. The van der Waals surface area contributed by atoms with Crippen molar-refractivity contribution in [2.45, 2.75) is 32.9 Å². The topological polar surface area (TPSA) is 67.3 Å². The minimum atomic E-state index is -0.208. The number of aromatic nitrogens is 2. The predicted molar refractivity (Wildman–Crippen MR) is 131 cm³/mol. The molecule has 0 bridgehead atoms. The molecule has 0 fully saturated rings. The fraction of sp³-hybridized carbons (Fsp3) is 0.192. The highest BCUT2D eigenvalue weighted by molar-refractivity contribution is 7.80. The minimum Gasteiger partial charge on any atom is -0.467 e. The number of hydrogen-bond acceptors (Lipinski definition) is 5. The average Bonchev–Trinajstić information content (AvgIpc) is 3.54. The molecule has 0 amide bonds. The van der Waals surface area contributed by atoms with Crippen molar-refractivity contribution in [2.24, 2.45) is 0 Å². The Bertz CT molecular complexity index is 1280. The zero-order chi connectivity index (χ0) is 22.8. The van der Waals surface area contributed by atoms with Crippen LogP contribution in [0.1, 0.15) is 42.7 Å². The summed E-state index contributed by atoms with van der Waals surface area (Å²) >= 11 is 5.76. The molecule has 7 heteroatoms. The van der Waals surface area contributed by atoms with E-state index in [2.05, 4.69) is 41.7 Å². The molecule has 0 aliphatic carbocycles. The summed E-state index contributed by atoms with van der Waals surface area (Å²) in [5, 5.41) is 8.37. The van der Waals surface area contributed by atoms with Gasteiger partial charge in [0, 0.05) is 11.3 Å². The Kier molecular flexibility index (Phi) is 5.79. The summed E-state index contributed by atoms with van der Waals surface area (Å²) in [6.45, 7) is 4.69. The number of allylic oxidation sites excluding steroid dienone is 1. The summed E-state index contributed by atoms with van der Waals surface area (Å²) in [7, 11) is 0. The first-order chi connectivity index (χ1) is 16.1. The van der Waals surface area contributed by atoms with E-state index in [1.54, 1.807) is 6.26 Å². The van der Waals surface area contributed by atoms with E-state index in [1.807, 2.05) is 54.3 Å². The van der Waals surface area contributed by atoms with Crippen molar-refractivity contribution in [2.75, 3.05) is 0 Å². The van der Waals surface area contributed by atoms with Crippen molar-refractivity contribution in [3.63, 3.8) is 0 Å². The molecule has 6 nitrogen and oxygen atoms in total. The van der Waals surface area contributed by atoms with Crippen LogP contribution in [0.4, 0.5) is 0 Å². The van der Waals surface area contributed by atoms with Gasteiger partial charge in [-0.3, -0.25) is 0 Å². The molecule has 0 saturated heterocycles. The van der Waals surface area contributed by atoms with Crippen molar-refractivity contribution in [1.29, 1.82) is 0 Å². The van der Waals surface area contributed by atoms with Crippen LogP contribution in [0.2, 0.25) is 0 Å². The van der Waals surface area contributed by atoms with E-state index >= 15 is 0 Å². The number of furan rings is 1. The van der Waals surface area contributed by atoms with Crippen LogP contribution in [-0.4, -0.2) is 20.2 Å². The van der Waals surface area contributed by atoms with Gasteiger partial charge in [0.25, 0.3) is 5.89 Å². The second-order valence-corrected chi connectivity index (χ2v) is 8.32. The second-order valence-electron chi connectivity index (χ2n) is 7.93. The van der Waals surface area contributed by atoms with E-state index in [4.69, 9.17) is 26.1 Å². The number of aryl methyl sites for hydroxylation is 1. The molecule has 1 atom stereocenters. The van der Waals surface area contributed by atoms with E-state index in [-0.39, 0.29) is 6.04 Å². The molecule has 0 radical (unpaired) electrons. The SMILES string of the molecule is CCc1ccc(C2NC(=S)N(Cc3ccco3)C(C)=C2c2nc(-c3ccccc3)no2)cc1. The molecule has 0 saturated carbocycles. The van der Waals surface area contributed by atoms with Crippen LogP contribution in [0, 0.1) is 0 Å². The van der Waals surface area contributed by atoms with Gasteiger partial charge in [0.2, 0.25) is 5.82 Å². The Morgan fingerprint density at radius 1 is 1.03 bits per heavy atom. The van der Waals surface area contributed by atoms with Crippen LogP contribution < -0.4 is 5.32 Å². The van der Waals surface area contributed by atoms with Gasteiger partial charge in [-0.25, -0.2) is 0 Å². The lowest BCUT2D eigenvalue weighted by atomic mass is 9.94. The third-order valence-electron chi connectivity index (χ3n) is 5.90. The third-order valence-corrected chi connectivity index (χ3v) is 6.24. The van der Waals surface area contributed by atoms with Gasteiger partial charge in [0.15, 0.2) is 5.11 Å². The summed E-state index contributed by atoms with van der Waals surface area (Å²) in [6.07, 6.45) is 2.65. The van der Waals surface area contributed by atoms with Crippen LogP contribution in [-0.2, 0) is 13.0 Å². The van der Waals surface area contributed by atoms with Crippen LogP contribution in [0.5, 0.6) is 0 Å². The van der Waals surface area contributed by atoms with Crippen molar-refractivity contribution in [3.05, 3.63) is 101 Å². The zero-order valence-corrected chi connectivity index (χ0v) is 19.3. The summed E-state index contributed by atoms with van der Waals surface area (Å²) in [5.74, 6) is 1.84. The fourth-order valence-corrected chi connectivity index (χ4v) is 4.36. The smallest absolute Gasteiger partial charge is 0.258 e. The Balaban J connectivity index is 1.59. The van der Waals surface area contributed by atoms with Gasteiger partial charge in [-0.15, -0.1) is 0 Å². The number of benzene rings is 2. The maximum absolute atomic E-state index is 5.79. The van der Waals surface area contributed by atoms with Crippen LogP contribution >= 0.6 is 12.2 Å². The van der Waals surface area contributed by atoms with Gasteiger partial charge in [0.1, 0.15) is 5.76 Å². The summed E-state index contributed by atoms with van der Waals surface area (Å²) < 4.78 is 11.4.